The number of aromatic hydroxyl groups is 1. The number of methoxy groups -OCH3 is 1. The van der Waals surface area contributed by atoms with Crippen molar-refractivity contribution in [2.45, 2.75) is 20.3 Å². The first-order valence-corrected chi connectivity index (χ1v) is 11.8. The second-order valence-electron chi connectivity index (χ2n) is 8.69. The average molecular weight is 670 g/mol. The van der Waals surface area contributed by atoms with Crippen LogP contribution in [-0.2, 0) is 27.5 Å². The molecule has 3 heterocycles. The Morgan fingerprint density at radius 3 is 2.59 bits per heavy atom. The van der Waals surface area contributed by atoms with Crippen molar-refractivity contribution >= 4 is 32.7 Å². The van der Waals surface area contributed by atoms with Crippen LogP contribution in [-0.4, -0.2) is 26.8 Å². The van der Waals surface area contributed by atoms with Gasteiger partial charge in [-0.3, -0.25) is 0 Å². The second-order valence-corrected chi connectivity index (χ2v) is 8.69. The molecule has 0 bridgehead atoms. The smallest absolute Gasteiger partial charge is 0.220 e. The third-order valence-electron chi connectivity index (χ3n) is 6.48. The first-order chi connectivity index (χ1) is 17.6. The van der Waals surface area contributed by atoms with Crippen molar-refractivity contribution < 1.29 is 35.6 Å². The molecule has 37 heavy (non-hydrogen) atoms. The number of phenols is 1. The predicted octanol–water partition coefficient (Wildman–Crippen LogP) is 6.90. The second kappa shape index (κ2) is 9.87. The normalized spacial score (nSPS) is 11.1. The van der Waals surface area contributed by atoms with Crippen molar-refractivity contribution in [3.63, 3.8) is 0 Å². The van der Waals surface area contributed by atoms with Gasteiger partial charge in [-0.1, -0.05) is 48.8 Å². The van der Waals surface area contributed by atoms with Gasteiger partial charge in [0.1, 0.15) is 17.1 Å². The molecular weight excluding hydrogens is 645 g/mol. The maximum atomic E-state index is 10.7. The molecule has 6 aromatic rings. The molecule has 3 aromatic heterocycles. The van der Waals surface area contributed by atoms with Crippen molar-refractivity contribution in [1.29, 1.82) is 0 Å². The van der Waals surface area contributed by atoms with Gasteiger partial charge in [-0.15, -0.1) is 17.5 Å². The molecular formula is C30H24N3O3Pt-. The van der Waals surface area contributed by atoms with Crippen molar-refractivity contribution in [1.82, 2.24) is 14.5 Å². The minimum atomic E-state index is 0. The third-order valence-corrected chi connectivity index (χ3v) is 6.48. The van der Waals surface area contributed by atoms with Gasteiger partial charge in [0.25, 0.3) is 0 Å². The largest absolute Gasteiger partial charge is 0.505 e. The number of fused-ring (bicyclic) bond motifs is 4. The summed E-state index contributed by atoms with van der Waals surface area (Å²) in [5, 5.41) is 13.7. The molecule has 0 unspecified atom stereocenters. The number of nitrogens with zero attached hydrogens (tertiary/aromatic N) is 3. The molecule has 6 nitrogen and oxygen atoms in total. The van der Waals surface area contributed by atoms with E-state index in [1.165, 1.54) is 0 Å². The molecule has 0 saturated carbocycles. The van der Waals surface area contributed by atoms with Gasteiger partial charge in [-0.2, -0.15) is 11.1 Å². The van der Waals surface area contributed by atoms with Crippen molar-refractivity contribution in [3.8, 4) is 29.1 Å². The van der Waals surface area contributed by atoms with Gasteiger partial charge in [0.15, 0.2) is 0 Å². The SMILES string of the molecule is CCc1ccc2cc(C)c(Oc3[c-]c4c(cc3)c3ccccc3n4-c3cccc(OC)n3)nc2c1O.[Pt]. The summed E-state index contributed by atoms with van der Waals surface area (Å²) >= 11 is 0. The van der Waals surface area contributed by atoms with E-state index in [0.29, 0.717) is 23.0 Å². The Morgan fingerprint density at radius 1 is 0.946 bits per heavy atom. The van der Waals surface area contributed by atoms with E-state index in [1.54, 1.807) is 7.11 Å². The maximum Gasteiger partial charge on any atom is 0.220 e. The average Bonchev–Trinajstić information content (AvgIpc) is 3.23. The van der Waals surface area contributed by atoms with Crippen LogP contribution < -0.4 is 9.47 Å². The third kappa shape index (κ3) is 4.21. The Hall–Kier alpha value is -3.89. The molecule has 0 aliphatic heterocycles. The summed E-state index contributed by atoms with van der Waals surface area (Å²) in [5.41, 5.74) is 4.11. The van der Waals surface area contributed by atoms with Crippen LogP contribution in [0, 0.1) is 13.0 Å². The Labute approximate surface area is 228 Å². The molecule has 0 amide bonds. The molecule has 0 saturated heterocycles. The van der Waals surface area contributed by atoms with E-state index in [0.717, 1.165) is 50.6 Å². The molecule has 0 atom stereocenters. The molecule has 188 valence electrons. The number of hydrogen-bond donors (Lipinski definition) is 1. The van der Waals surface area contributed by atoms with Gasteiger partial charge in [-0.05, 0) is 42.5 Å². The molecule has 3 aromatic carbocycles. The van der Waals surface area contributed by atoms with E-state index < -0.39 is 0 Å². The van der Waals surface area contributed by atoms with Crippen LogP contribution in [0.15, 0.2) is 72.8 Å². The molecule has 0 aliphatic rings. The van der Waals surface area contributed by atoms with Crippen molar-refractivity contribution in [3.05, 3.63) is 90.0 Å². The zero-order valence-corrected chi connectivity index (χ0v) is 22.8. The van der Waals surface area contributed by atoms with Gasteiger partial charge in [0, 0.05) is 49.3 Å². The summed E-state index contributed by atoms with van der Waals surface area (Å²) < 4.78 is 13.7. The van der Waals surface area contributed by atoms with Gasteiger partial charge < -0.3 is 19.1 Å². The Morgan fingerprint density at radius 2 is 1.78 bits per heavy atom. The van der Waals surface area contributed by atoms with Crippen LogP contribution in [0.1, 0.15) is 18.1 Å². The van der Waals surface area contributed by atoms with Crippen molar-refractivity contribution in [2.75, 3.05) is 7.11 Å². The van der Waals surface area contributed by atoms with E-state index in [9.17, 15) is 5.11 Å². The van der Waals surface area contributed by atoms with Crippen LogP contribution in [0.4, 0.5) is 0 Å². The monoisotopic (exact) mass is 669 g/mol. The number of aryl methyl sites for hydroxylation is 2. The molecule has 0 radical (unpaired) electrons. The summed E-state index contributed by atoms with van der Waals surface area (Å²) in [6.45, 7) is 3.95. The molecule has 0 spiro atoms. The van der Waals surface area contributed by atoms with Crippen molar-refractivity contribution in [2.24, 2.45) is 0 Å². The molecule has 1 N–H and O–H groups in total. The van der Waals surface area contributed by atoms with E-state index in [4.69, 9.17) is 9.47 Å². The Bertz CT molecular complexity index is 1780. The van der Waals surface area contributed by atoms with Crippen LogP contribution in [0.5, 0.6) is 23.3 Å². The summed E-state index contributed by atoms with van der Waals surface area (Å²) in [6.07, 6.45) is 0.723. The predicted molar refractivity (Wildman–Crippen MR) is 142 cm³/mol. The summed E-state index contributed by atoms with van der Waals surface area (Å²) in [4.78, 5) is 9.34. The van der Waals surface area contributed by atoms with Crippen LogP contribution in [0.2, 0.25) is 0 Å². The minimum Gasteiger partial charge on any atom is -0.505 e. The van der Waals surface area contributed by atoms with Gasteiger partial charge >= 0.3 is 0 Å². The number of para-hydroxylation sites is 1. The number of aromatic nitrogens is 3. The zero-order valence-electron chi connectivity index (χ0n) is 20.6. The van der Waals surface area contributed by atoms with Crippen LogP contribution in [0.25, 0.3) is 38.5 Å². The minimum absolute atomic E-state index is 0. The van der Waals surface area contributed by atoms with Crippen LogP contribution in [0.3, 0.4) is 0 Å². The first-order valence-electron chi connectivity index (χ1n) is 11.8. The molecule has 0 aliphatic carbocycles. The summed E-state index contributed by atoms with van der Waals surface area (Å²) in [6, 6.07) is 27.1. The number of hydrogen-bond acceptors (Lipinski definition) is 5. The Balaban J connectivity index is 0.00000280. The fourth-order valence-electron chi connectivity index (χ4n) is 4.66. The number of phenolic OH excluding ortho intramolecular Hbond substituents is 1. The summed E-state index contributed by atoms with van der Waals surface area (Å²) in [7, 11) is 1.61. The maximum absolute atomic E-state index is 10.7. The van der Waals surface area contributed by atoms with E-state index in [2.05, 4.69) is 32.7 Å². The number of pyridine rings is 2. The zero-order chi connectivity index (χ0) is 24.8. The summed E-state index contributed by atoms with van der Waals surface area (Å²) in [5.74, 6) is 2.42. The van der Waals surface area contributed by atoms with E-state index in [-0.39, 0.29) is 26.8 Å². The Kier molecular flexibility index (Phi) is 6.61. The topological polar surface area (TPSA) is 69.4 Å². The quantitative estimate of drug-likeness (QED) is 0.202. The fraction of sp³-hybridized carbons (Fsp3) is 0.133. The number of ether oxygens (including phenoxy) is 2. The van der Waals surface area contributed by atoms with Gasteiger partial charge in [0.2, 0.25) is 11.8 Å². The molecule has 7 heteroatoms. The standard InChI is InChI=1S/C30H24N3O3.Pt/c1-4-19-12-13-20-16-18(2)30(32-28(20)29(19)34)36-21-14-15-23-22-8-5-6-9-24(22)33(25(23)17-21)26-10-7-11-27(31-26)35-3;/h5-16,34H,4H2,1-3H3;/q-1;. The fourth-order valence-corrected chi connectivity index (χ4v) is 4.66. The van der Waals surface area contributed by atoms with E-state index in [1.807, 2.05) is 74.5 Å². The van der Waals surface area contributed by atoms with Crippen LogP contribution >= 0.6 is 0 Å². The molecule has 6 rings (SSSR count). The first kappa shape index (κ1) is 24.8. The molecule has 0 fully saturated rings. The van der Waals surface area contributed by atoms with Gasteiger partial charge in [0.05, 0.1) is 7.11 Å². The number of benzene rings is 3. The number of rotatable bonds is 5. The van der Waals surface area contributed by atoms with E-state index >= 15 is 0 Å². The van der Waals surface area contributed by atoms with Gasteiger partial charge in [-0.25, -0.2) is 4.98 Å².